The second-order valence-electron chi connectivity index (χ2n) is 10.5. The molecule has 0 radical (unpaired) electrons. The summed E-state index contributed by atoms with van der Waals surface area (Å²) >= 11 is 0. The summed E-state index contributed by atoms with van der Waals surface area (Å²) in [7, 11) is 1.80. The molecule has 1 saturated heterocycles. The smallest absolute Gasteiger partial charge is 0.248 e. The fourth-order valence-corrected chi connectivity index (χ4v) is 4.07. The van der Waals surface area contributed by atoms with Crippen molar-refractivity contribution in [3.8, 4) is 11.5 Å². The van der Waals surface area contributed by atoms with Crippen LogP contribution < -0.4 is 26.0 Å². The van der Waals surface area contributed by atoms with Crippen LogP contribution >= 0.6 is 0 Å². The molecule has 2 amide bonds. The lowest BCUT2D eigenvalue weighted by molar-refractivity contribution is -0.115. The zero-order valence-corrected chi connectivity index (χ0v) is 29.4. The summed E-state index contributed by atoms with van der Waals surface area (Å²) in [6.45, 7) is 18.1. The quantitative estimate of drug-likeness (QED) is 0.0937. The Morgan fingerprint density at radius 2 is 1.58 bits per heavy atom. The number of amides is 2. The lowest BCUT2D eigenvalue weighted by atomic mass is 10.1. The van der Waals surface area contributed by atoms with Gasteiger partial charge >= 0.3 is 0 Å². The number of likely N-dealkylation sites (N-methyl/N-ethyl adjacent to an activating group) is 1. The standard InChI is InChI=1S/C20H29N5O2.C13H12O.C4H8O.C2H4/c1-6-23-20(14(2)15(3)21)25(16(4)26)18-10-7-9-17(13-18)24-19(27)11-8-12-22-5;1-11-7-9-13(10-8-11)14-12-5-3-2-4-6-12;1-2-4-5-3-1;1-2/h7-11,13,22H,6,12,21H2,1-5H3,(H,24,27);2-10H,1H3;1-4H2;1-2H2/b11-8+,15-14+,23-20?;;;. The van der Waals surface area contributed by atoms with E-state index in [1.54, 1.807) is 44.3 Å². The molecule has 9 nitrogen and oxygen atoms in total. The molecule has 0 aromatic heterocycles. The molecule has 258 valence electrons. The van der Waals surface area contributed by atoms with Crippen molar-refractivity contribution >= 4 is 29.0 Å². The van der Waals surface area contributed by atoms with Gasteiger partial charge in [0.15, 0.2) is 0 Å². The number of nitrogens with zero attached hydrogens (tertiary/aromatic N) is 2. The maximum absolute atomic E-state index is 12.4. The van der Waals surface area contributed by atoms with E-state index in [0.29, 0.717) is 36.0 Å². The monoisotopic (exact) mass is 655 g/mol. The Hall–Kier alpha value is -4.99. The highest BCUT2D eigenvalue weighted by molar-refractivity contribution is 6.23. The van der Waals surface area contributed by atoms with Crippen molar-refractivity contribution in [1.29, 1.82) is 0 Å². The van der Waals surface area contributed by atoms with Crippen molar-refractivity contribution in [3.05, 3.63) is 121 Å². The second kappa shape index (κ2) is 24.2. The van der Waals surface area contributed by atoms with E-state index in [0.717, 1.165) is 30.3 Å². The third-order valence-electron chi connectivity index (χ3n) is 6.55. The van der Waals surface area contributed by atoms with Crippen molar-refractivity contribution in [2.75, 3.05) is 43.6 Å². The van der Waals surface area contributed by atoms with Gasteiger partial charge in [-0.15, -0.1) is 13.2 Å². The Morgan fingerprint density at radius 3 is 2.10 bits per heavy atom. The molecule has 3 aromatic carbocycles. The molecule has 3 aromatic rings. The number of hydrogen-bond acceptors (Lipinski definition) is 7. The van der Waals surface area contributed by atoms with Gasteiger partial charge in [-0.05, 0) is 90.0 Å². The molecule has 48 heavy (non-hydrogen) atoms. The minimum Gasteiger partial charge on any atom is -0.457 e. The highest BCUT2D eigenvalue weighted by Gasteiger charge is 2.21. The third kappa shape index (κ3) is 16.0. The van der Waals surface area contributed by atoms with E-state index in [4.69, 9.17) is 15.2 Å². The van der Waals surface area contributed by atoms with Crippen LogP contribution in [0.5, 0.6) is 11.5 Å². The van der Waals surface area contributed by atoms with Gasteiger partial charge < -0.3 is 25.8 Å². The van der Waals surface area contributed by atoms with Gasteiger partial charge in [0, 0.05) is 56.3 Å². The van der Waals surface area contributed by atoms with Crippen molar-refractivity contribution in [1.82, 2.24) is 5.32 Å². The maximum Gasteiger partial charge on any atom is 0.248 e. The molecule has 0 aliphatic carbocycles. The molecule has 0 bridgehead atoms. The average molecular weight is 656 g/mol. The lowest BCUT2D eigenvalue weighted by Crippen LogP contribution is -2.37. The number of amidine groups is 1. The lowest BCUT2D eigenvalue weighted by Gasteiger charge is -2.25. The summed E-state index contributed by atoms with van der Waals surface area (Å²) in [5, 5.41) is 5.72. The van der Waals surface area contributed by atoms with Crippen molar-refractivity contribution in [2.24, 2.45) is 10.7 Å². The number of nitrogens with one attached hydrogen (secondary N) is 2. The van der Waals surface area contributed by atoms with Crippen LogP contribution in [-0.4, -0.2) is 51.0 Å². The van der Waals surface area contributed by atoms with Gasteiger partial charge in [0.1, 0.15) is 17.3 Å². The number of ether oxygens (including phenoxy) is 2. The van der Waals surface area contributed by atoms with E-state index in [1.165, 1.54) is 36.3 Å². The number of hydrogen-bond donors (Lipinski definition) is 3. The topological polar surface area (TPSA) is 118 Å². The normalized spacial score (nSPS) is 12.6. The van der Waals surface area contributed by atoms with Crippen molar-refractivity contribution in [2.45, 2.75) is 47.5 Å². The summed E-state index contributed by atoms with van der Waals surface area (Å²) in [5.41, 5.74) is 9.68. The molecule has 0 atom stereocenters. The number of para-hydroxylation sites is 1. The van der Waals surface area contributed by atoms with Crippen LogP contribution in [0.3, 0.4) is 0 Å². The van der Waals surface area contributed by atoms with Gasteiger partial charge in [0.2, 0.25) is 11.8 Å². The number of allylic oxidation sites excluding steroid dienone is 1. The molecule has 1 heterocycles. The zero-order valence-electron chi connectivity index (χ0n) is 29.4. The second-order valence-corrected chi connectivity index (χ2v) is 10.5. The van der Waals surface area contributed by atoms with Crippen LogP contribution in [0.1, 0.15) is 46.1 Å². The first-order valence-electron chi connectivity index (χ1n) is 16.0. The van der Waals surface area contributed by atoms with Gasteiger partial charge in [-0.2, -0.15) is 0 Å². The SMILES string of the molecule is C1CCOC1.C=C.CCN=C(/C(C)=C(\C)N)N(C(C)=O)c1cccc(NC(=O)/C=C/CNC)c1.Cc1ccc(Oc2ccccc2)cc1. The van der Waals surface area contributed by atoms with Gasteiger partial charge in [0.25, 0.3) is 0 Å². The van der Waals surface area contributed by atoms with E-state index in [-0.39, 0.29) is 11.8 Å². The van der Waals surface area contributed by atoms with E-state index in [2.05, 4.69) is 35.7 Å². The minimum atomic E-state index is -0.242. The Bertz CT molecular complexity index is 1450. The average Bonchev–Trinajstić information content (AvgIpc) is 3.68. The first-order chi connectivity index (χ1) is 23.2. The molecule has 1 aliphatic rings. The van der Waals surface area contributed by atoms with Crippen LogP contribution in [0, 0.1) is 6.92 Å². The molecule has 4 N–H and O–H groups in total. The summed E-state index contributed by atoms with van der Waals surface area (Å²) in [6.07, 6.45) is 5.74. The Kier molecular flexibility index (Phi) is 20.7. The highest BCUT2D eigenvalue weighted by atomic mass is 16.5. The predicted octanol–water partition coefficient (Wildman–Crippen LogP) is 7.81. The van der Waals surface area contributed by atoms with Crippen LogP contribution in [-0.2, 0) is 14.3 Å². The van der Waals surface area contributed by atoms with Gasteiger partial charge in [0.05, 0.1) is 5.69 Å². The number of rotatable bonds is 9. The minimum absolute atomic E-state index is 0.194. The molecule has 4 rings (SSSR count). The Balaban J connectivity index is 0.000000448. The van der Waals surface area contributed by atoms with E-state index in [1.807, 2.05) is 68.4 Å². The first kappa shape index (κ1) is 41.0. The van der Waals surface area contributed by atoms with E-state index < -0.39 is 0 Å². The number of aryl methyl sites for hydroxylation is 1. The Morgan fingerprint density at radius 1 is 0.958 bits per heavy atom. The third-order valence-corrected chi connectivity index (χ3v) is 6.55. The van der Waals surface area contributed by atoms with Gasteiger partial charge in [-0.25, -0.2) is 0 Å². The van der Waals surface area contributed by atoms with Gasteiger partial charge in [-0.1, -0.05) is 48.0 Å². The number of carbonyl (C=O) groups excluding carboxylic acids is 2. The molecule has 0 spiro atoms. The largest absolute Gasteiger partial charge is 0.457 e. The molecule has 1 aliphatic heterocycles. The summed E-state index contributed by atoms with van der Waals surface area (Å²) in [6, 6.07) is 24.9. The molecule has 9 heteroatoms. The molecular formula is C39H53N5O4. The van der Waals surface area contributed by atoms with Crippen LogP contribution in [0.15, 0.2) is 120 Å². The van der Waals surface area contributed by atoms with Crippen molar-refractivity contribution in [3.63, 3.8) is 0 Å². The summed E-state index contributed by atoms with van der Waals surface area (Å²) < 4.78 is 10.6. The van der Waals surface area contributed by atoms with Crippen LogP contribution in [0.4, 0.5) is 11.4 Å². The van der Waals surface area contributed by atoms with Crippen LogP contribution in [0.25, 0.3) is 0 Å². The summed E-state index contributed by atoms with van der Waals surface area (Å²) in [5.74, 6) is 1.81. The molecule has 0 unspecified atom stereocenters. The number of carbonyl (C=O) groups is 2. The number of anilines is 2. The number of nitrogens with two attached hydrogens (primary N) is 1. The van der Waals surface area contributed by atoms with E-state index >= 15 is 0 Å². The molecule has 0 saturated carbocycles. The van der Waals surface area contributed by atoms with Gasteiger partial charge in [-0.3, -0.25) is 19.5 Å². The highest BCUT2D eigenvalue weighted by Crippen LogP contribution is 2.23. The first-order valence-corrected chi connectivity index (χ1v) is 16.0. The number of aliphatic imine (C=N–C) groups is 1. The number of benzene rings is 3. The Labute approximate surface area is 287 Å². The fraction of sp³-hybridized carbons (Fsp3) is 0.308. The fourth-order valence-electron chi connectivity index (χ4n) is 4.07. The zero-order chi connectivity index (χ0) is 35.7. The predicted molar refractivity (Wildman–Crippen MR) is 201 cm³/mol. The molecular weight excluding hydrogens is 602 g/mol. The summed E-state index contributed by atoms with van der Waals surface area (Å²) in [4.78, 5) is 30.3. The van der Waals surface area contributed by atoms with Crippen LogP contribution in [0.2, 0.25) is 0 Å². The molecule has 1 fully saturated rings. The van der Waals surface area contributed by atoms with Crippen molar-refractivity contribution < 1.29 is 19.1 Å². The van der Waals surface area contributed by atoms with E-state index in [9.17, 15) is 9.59 Å². The maximum atomic E-state index is 12.4.